The summed E-state index contributed by atoms with van der Waals surface area (Å²) < 4.78 is 10.8. The number of carbonyl (C=O) groups is 2. The standard InChI is InChI=1S/C49H98N2O8/c1-5-9-13-17-21-25-31-44(52)40-50(41-45(53)32-26-22-18-14-10-6-2)35-29-37-58-48(56)39-49(57)59-38-30-36-51(42-46(54)33-27-23-19-15-11-7-3)43-47(55)34-28-24-20-16-12-8-4/h44-47,52-55H,5-43H2,1-4H3. The van der Waals surface area contributed by atoms with Gasteiger partial charge in [-0.05, 0) is 38.5 Å². The molecule has 0 spiro atoms. The Labute approximate surface area is 364 Å². The molecule has 0 aliphatic heterocycles. The summed E-state index contributed by atoms with van der Waals surface area (Å²) in [6.07, 6.45) is 30.0. The van der Waals surface area contributed by atoms with Gasteiger partial charge in [0.25, 0.3) is 0 Å². The second kappa shape index (κ2) is 43.4. The lowest BCUT2D eigenvalue weighted by Gasteiger charge is -2.27. The van der Waals surface area contributed by atoms with Crippen LogP contribution in [-0.4, -0.2) is 119 Å². The smallest absolute Gasteiger partial charge is 0.317 e. The first kappa shape index (κ1) is 57.7. The Hall–Kier alpha value is -1.30. The van der Waals surface area contributed by atoms with Gasteiger partial charge < -0.3 is 29.9 Å². The third kappa shape index (κ3) is 40.5. The van der Waals surface area contributed by atoms with Gasteiger partial charge in [0.2, 0.25) is 0 Å². The quantitative estimate of drug-likeness (QED) is 0.0266. The highest BCUT2D eigenvalue weighted by Gasteiger charge is 2.19. The Morgan fingerprint density at radius 3 is 0.864 bits per heavy atom. The van der Waals surface area contributed by atoms with Crippen LogP contribution in [0.1, 0.15) is 227 Å². The van der Waals surface area contributed by atoms with Crippen LogP contribution in [0.25, 0.3) is 0 Å². The van der Waals surface area contributed by atoms with E-state index < -0.39 is 42.8 Å². The van der Waals surface area contributed by atoms with Gasteiger partial charge in [-0.1, -0.05) is 182 Å². The lowest BCUT2D eigenvalue weighted by atomic mass is 10.1. The molecule has 59 heavy (non-hydrogen) atoms. The van der Waals surface area contributed by atoms with E-state index in [1.165, 1.54) is 103 Å². The number of ether oxygens (including phenoxy) is 2. The average Bonchev–Trinajstić information content (AvgIpc) is 3.20. The average molecular weight is 843 g/mol. The van der Waals surface area contributed by atoms with Crippen molar-refractivity contribution < 1.29 is 39.5 Å². The Kier molecular flexibility index (Phi) is 42.4. The van der Waals surface area contributed by atoms with Crippen molar-refractivity contribution in [2.75, 3.05) is 52.5 Å². The Morgan fingerprint density at radius 2 is 0.610 bits per heavy atom. The highest BCUT2D eigenvalue weighted by molar-refractivity contribution is 5.91. The molecule has 0 heterocycles. The molecule has 10 heteroatoms. The van der Waals surface area contributed by atoms with Crippen LogP contribution >= 0.6 is 0 Å². The summed E-state index contributed by atoms with van der Waals surface area (Å²) in [7, 11) is 0. The van der Waals surface area contributed by atoms with Gasteiger partial charge in [-0.2, -0.15) is 0 Å². The van der Waals surface area contributed by atoms with Crippen molar-refractivity contribution in [1.82, 2.24) is 9.80 Å². The van der Waals surface area contributed by atoms with Gasteiger partial charge in [-0.3, -0.25) is 19.4 Å². The van der Waals surface area contributed by atoms with Crippen LogP contribution in [0.5, 0.6) is 0 Å². The maximum atomic E-state index is 12.5. The first-order chi connectivity index (χ1) is 28.6. The van der Waals surface area contributed by atoms with Crippen molar-refractivity contribution in [3.63, 3.8) is 0 Å². The molecule has 4 unspecified atom stereocenters. The zero-order valence-corrected chi connectivity index (χ0v) is 39.2. The molecule has 0 fully saturated rings. The molecule has 0 aromatic rings. The number of unbranched alkanes of at least 4 members (excludes halogenated alkanes) is 20. The summed E-state index contributed by atoms with van der Waals surface area (Å²) in [6, 6.07) is 0. The molecule has 0 aliphatic rings. The van der Waals surface area contributed by atoms with Gasteiger partial charge in [-0.25, -0.2) is 0 Å². The van der Waals surface area contributed by atoms with Crippen molar-refractivity contribution in [1.29, 1.82) is 0 Å². The van der Waals surface area contributed by atoms with Gasteiger partial charge in [0.1, 0.15) is 6.42 Å². The molecule has 0 aromatic carbocycles. The molecule has 0 bridgehead atoms. The molecule has 0 amide bonds. The van der Waals surface area contributed by atoms with E-state index in [0.717, 1.165) is 77.0 Å². The van der Waals surface area contributed by atoms with E-state index >= 15 is 0 Å². The van der Waals surface area contributed by atoms with E-state index in [0.29, 0.717) is 52.1 Å². The van der Waals surface area contributed by atoms with Gasteiger partial charge in [0.15, 0.2) is 0 Å². The summed E-state index contributed by atoms with van der Waals surface area (Å²) >= 11 is 0. The van der Waals surface area contributed by atoms with E-state index in [2.05, 4.69) is 37.5 Å². The molecule has 0 aromatic heterocycles. The number of esters is 2. The number of nitrogens with zero attached hydrogens (tertiary/aromatic N) is 2. The maximum Gasteiger partial charge on any atom is 0.317 e. The van der Waals surface area contributed by atoms with Crippen LogP contribution in [0.2, 0.25) is 0 Å². The summed E-state index contributed by atoms with van der Waals surface area (Å²) in [4.78, 5) is 29.2. The number of rotatable bonds is 46. The predicted octanol–water partition coefficient (Wildman–Crippen LogP) is 10.3. The van der Waals surface area contributed by atoms with E-state index in [-0.39, 0.29) is 13.2 Å². The molecule has 0 aliphatic carbocycles. The number of aliphatic hydroxyl groups excluding tert-OH is 4. The van der Waals surface area contributed by atoms with Crippen molar-refractivity contribution in [2.45, 2.75) is 251 Å². The predicted molar refractivity (Wildman–Crippen MR) is 245 cm³/mol. The molecular weight excluding hydrogens is 745 g/mol. The fourth-order valence-corrected chi connectivity index (χ4v) is 7.88. The Bertz CT molecular complexity index is 793. The second-order valence-electron chi connectivity index (χ2n) is 17.7. The maximum absolute atomic E-state index is 12.5. The SMILES string of the molecule is CCCCCCCCC(O)CN(CCCOC(=O)CC(=O)OCCCN(CC(O)CCCCCCCC)CC(O)CCCCCCCC)CC(O)CCCCCCCC. The van der Waals surface area contributed by atoms with Gasteiger partial charge in [0, 0.05) is 39.3 Å². The van der Waals surface area contributed by atoms with E-state index in [1.54, 1.807) is 0 Å². The summed E-state index contributed by atoms with van der Waals surface area (Å²) in [5.41, 5.74) is 0. The monoisotopic (exact) mass is 843 g/mol. The summed E-state index contributed by atoms with van der Waals surface area (Å²) in [6.45, 7) is 12.2. The first-order valence-electron chi connectivity index (χ1n) is 25.1. The Balaban J connectivity index is 4.76. The van der Waals surface area contributed by atoms with Crippen LogP contribution in [0, 0.1) is 0 Å². The van der Waals surface area contributed by atoms with Crippen molar-refractivity contribution in [3.8, 4) is 0 Å². The third-order valence-electron chi connectivity index (χ3n) is 11.5. The number of hydrogen-bond acceptors (Lipinski definition) is 10. The van der Waals surface area contributed by atoms with Crippen LogP contribution in [0.3, 0.4) is 0 Å². The van der Waals surface area contributed by atoms with Crippen molar-refractivity contribution >= 4 is 11.9 Å². The normalized spacial score (nSPS) is 13.9. The molecular formula is C49H98N2O8. The molecule has 352 valence electrons. The van der Waals surface area contributed by atoms with E-state index in [1.807, 2.05) is 0 Å². The van der Waals surface area contributed by atoms with Crippen molar-refractivity contribution in [3.05, 3.63) is 0 Å². The van der Waals surface area contributed by atoms with Crippen LogP contribution in [0.4, 0.5) is 0 Å². The lowest BCUT2D eigenvalue weighted by Crippen LogP contribution is -2.39. The topological polar surface area (TPSA) is 140 Å². The first-order valence-corrected chi connectivity index (χ1v) is 25.1. The molecule has 0 radical (unpaired) electrons. The number of aliphatic hydroxyl groups is 4. The summed E-state index contributed by atoms with van der Waals surface area (Å²) in [5.74, 6) is -1.24. The van der Waals surface area contributed by atoms with Gasteiger partial charge in [-0.15, -0.1) is 0 Å². The van der Waals surface area contributed by atoms with Crippen LogP contribution < -0.4 is 0 Å². The van der Waals surface area contributed by atoms with E-state index in [4.69, 9.17) is 9.47 Å². The van der Waals surface area contributed by atoms with Crippen molar-refractivity contribution in [2.24, 2.45) is 0 Å². The molecule has 4 atom stereocenters. The fourth-order valence-electron chi connectivity index (χ4n) is 7.88. The largest absolute Gasteiger partial charge is 0.465 e. The molecule has 0 saturated carbocycles. The molecule has 0 saturated heterocycles. The minimum absolute atomic E-state index is 0.154. The van der Waals surface area contributed by atoms with Gasteiger partial charge >= 0.3 is 11.9 Å². The molecule has 4 N–H and O–H groups in total. The van der Waals surface area contributed by atoms with E-state index in [9.17, 15) is 30.0 Å². The zero-order valence-electron chi connectivity index (χ0n) is 39.2. The minimum Gasteiger partial charge on any atom is -0.465 e. The second-order valence-corrected chi connectivity index (χ2v) is 17.7. The lowest BCUT2D eigenvalue weighted by molar-refractivity contribution is -0.154. The minimum atomic E-state index is -0.620. The Morgan fingerprint density at radius 1 is 0.373 bits per heavy atom. The van der Waals surface area contributed by atoms with Gasteiger partial charge in [0.05, 0.1) is 37.6 Å². The van der Waals surface area contributed by atoms with Crippen LogP contribution in [0.15, 0.2) is 0 Å². The fraction of sp³-hybridized carbons (Fsp3) is 0.959. The molecule has 10 nitrogen and oxygen atoms in total. The summed E-state index contributed by atoms with van der Waals surface area (Å²) in [5, 5.41) is 43.2. The third-order valence-corrected chi connectivity index (χ3v) is 11.5. The highest BCUT2D eigenvalue weighted by atomic mass is 16.6. The zero-order chi connectivity index (χ0) is 43.6. The highest BCUT2D eigenvalue weighted by Crippen LogP contribution is 2.15. The number of hydrogen-bond donors (Lipinski definition) is 4. The molecule has 0 rings (SSSR count). The van der Waals surface area contributed by atoms with Crippen LogP contribution in [-0.2, 0) is 19.1 Å². The number of carbonyl (C=O) groups excluding carboxylic acids is 2.